The molecule has 0 bridgehead atoms. The zero-order chi connectivity index (χ0) is 10.7. The van der Waals surface area contributed by atoms with Crippen molar-refractivity contribution in [2.24, 2.45) is 5.92 Å². The summed E-state index contributed by atoms with van der Waals surface area (Å²) in [5.74, 6) is 0.384. The third-order valence-corrected chi connectivity index (χ3v) is 4.31. The van der Waals surface area contributed by atoms with Gasteiger partial charge in [0.2, 0.25) is 0 Å². The molecule has 1 heterocycles. The predicted molar refractivity (Wildman–Crippen MR) is 65.8 cm³/mol. The Bertz CT molecular complexity index is 291. The molecule has 14 heavy (non-hydrogen) atoms. The van der Waals surface area contributed by atoms with E-state index in [1.54, 1.807) is 11.3 Å². The molecule has 0 aromatic carbocycles. The van der Waals surface area contributed by atoms with E-state index < -0.39 is 0 Å². The molecule has 0 aliphatic heterocycles. The lowest BCUT2D eigenvalue weighted by atomic mass is 9.92. The largest absolute Gasteiger partial charge is 0.388 e. The highest BCUT2D eigenvalue weighted by Gasteiger charge is 2.20. The van der Waals surface area contributed by atoms with Crippen LogP contribution in [-0.4, -0.2) is 5.11 Å². The highest BCUT2D eigenvalue weighted by Crippen LogP contribution is 2.35. The van der Waals surface area contributed by atoms with Crippen molar-refractivity contribution in [1.82, 2.24) is 0 Å². The lowest BCUT2D eigenvalue weighted by Crippen LogP contribution is -2.10. The smallest absolute Gasteiger partial charge is 0.0829 e. The number of aliphatic hydroxyl groups excluding tert-OH is 1. The van der Waals surface area contributed by atoms with E-state index in [-0.39, 0.29) is 6.10 Å². The van der Waals surface area contributed by atoms with Crippen LogP contribution in [0.2, 0.25) is 0 Å². The molecule has 1 rings (SSSR count). The number of halogens is 1. The molecule has 80 valence electrons. The number of hydrogen-bond acceptors (Lipinski definition) is 2. The van der Waals surface area contributed by atoms with E-state index in [0.29, 0.717) is 5.92 Å². The molecule has 0 aliphatic rings. The van der Waals surface area contributed by atoms with Crippen LogP contribution in [0.5, 0.6) is 0 Å². The minimum atomic E-state index is -0.299. The van der Waals surface area contributed by atoms with E-state index in [9.17, 15) is 5.11 Å². The van der Waals surface area contributed by atoms with E-state index in [0.717, 1.165) is 22.2 Å². The lowest BCUT2D eigenvalue weighted by Gasteiger charge is -2.19. The van der Waals surface area contributed by atoms with Gasteiger partial charge in [0.1, 0.15) is 0 Å². The Balaban J connectivity index is 2.87. The van der Waals surface area contributed by atoms with Crippen LogP contribution in [0.3, 0.4) is 0 Å². The van der Waals surface area contributed by atoms with Crippen LogP contribution in [0.15, 0.2) is 9.85 Å². The Morgan fingerprint density at radius 1 is 1.43 bits per heavy atom. The van der Waals surface area contributed by atoms with E-state index in [1.165, 1.54) is 4.88 Å². The molecule has 0 radical (unpaired) electrons. The van der Waals surface area contributed by atoms with Crippen LogP contribution in [-0.2, 0) is 0 Å². The third-order valence-electron chi connectivity index (χ3n) is 2.74. The van der Waals surface area contributed by atoms with E-state index in [2.05, 4.69) is 36.7 Å². The van der Waals surface area contributed by atoms with Gasteiger partial charge in [-0.3, -0.25) is 0 Å². The molecule has 0 amide bonds. The summed E-state index contributed by atoms with van der Waals surface area (Å²) in [6, 6.07) is 2.04. The van der Waals surface area contributed by atoms with Gasteiger partial charge in [-0.15, -0.1) is 11.3 Å². The van der Waals surface area contributed by atoms with Gasteiger partial charge in [-0.05, 0) is 40.4 Å². The summed E-state index contributed by atoms with van der Waals surface area (Å²) in [6.07, 6.45) is 1.77. The quantitative estimate of drug-likeness (QED) is 0.870. The molecule has 1 N–H and O–H groups in total. The van der Waals surface area contributed by atoms with Gasteiger partial charge in [-0.1, -0.05) is 26.7 Å². The van der Waals surface area contributed by atoms with E-state index in [1.807, 2.05) is 6.07 Å². The SMILES string of the molecule is CCC(CC)C(O)c1cc(Br)sc1C. The number of aliphatic hydroxyl groups is 1. The van der Waals surface area contributed by atoms with Gasteiger partial charge in [0, 0.05) is 4.88 Å². The number of rotatable bonds is 4. The van der Waals surface area contributed by atoms with Gasteiger partial charge in [-0.25, -0.2) is 0 Å². The summed E-state index contributed by atoms with van der Waals surface area (Å²) in [5.41, 5.74) is 1.09. The third kappa shape index (κ3) is 2.59. The Labute approximate surface area is 98.3 Å². The fraction of sp³-hybridized carbons (Fsp3) is 0.636. The molecule has 1 atom stereocenters. The molecule has 0 spiro atoms. The molecule has 1 unspecified atom stereocenters. The minimum absolute atomic E-state index is 0.299. The maximum absolute atomic E-state index is 10.2. The van der Waals surface area contributed by atoms with Crippen molar-refractivity contribution in [1.29, 1.82) is 0 Å². The first-order valence-electron chi connectivity index (χ1n) is 5.04. The zero-order valence-corrected chi connectivity index (χ0v) is 11.3. The van der Waals surface area contributed by atoms with E-state index >= 15 is 0 Å². The van der Waals surface area contributed by atoms with Crippen molar-refractivity contribution in [2.45, 2.75) is 39.7 Å². The first-order chi connectivity index (χ1) is 6.60. The summed E-state index contributed by atoms with van der Waals surface area (Å²) in [6.45, 7) is 6.33. The molecule has 0 aliphatic carbocycles. The van der Waals surface area contributed by atoms with Crippen LogP contribution in [0.25, 0.3) is 0 Å². The second-order valence-corrected chi connectivity index (χ2v) is 6.22. The summed E-state index contributed by atoms with van der Waals surface area (Å²) >= 11 is 5.14. The van der Waals surface area contributed by atoms with Gasteiger partial charge in [-0.2, -0.15) is 0 Å². The molecular weight excluding hydrogens is 260 g/mol. The van der Waals surface area contributed by atoms with Crippen LogP contribution >= 0.6 is 27.3 Å². The zero-order valence-electron chi connectivity index (χ0n) is 8.88. The first kappa shape index (κ1) is 12.2. The van der Waals surface area contributed by atoms with Gasteiger partial charge in [0.25, 0.3) is 0 Å². The van der Waals surface area contributed by atoms with Crippen LogP contribution in [0, 0.1) is 12.8 Å². The molecule has 0 saturated carbocycles. The standard InChI is InChI=1S/C11H17BrOS/c1-4-8(5-2)11(13)9-6-10(12)14-7(9)3/h6,8,11,13H,4-5H2,1-3H3. The number of hydrogen-bond donors (Lipinski definition) is 1. The Hall–Kier alpha value is 0.140. The second-order valence-electron chi connectivity index (χ2n) is 3.58. The lowest BCUT2D eigenvalue weighted by molar-refractivity contribution is 0.103. The molecule has 1 aromatic rings. The van der Waals surface area contributed by atoms with Crippen molar-refractivity contribution in [3.63, 3.8) is 0 Å². The van der Waals surface area contributed by atoms with Gasteiger partial charge < -0.3 is 5.11 Å². The topological polar surface area (TPSA) is 20.2 Å². The van der Waals surface area contributed by atoms with Crippen molar-refractivity contribution < 1.29 is 5.11 Å². The minimum Gasteiger partial charge on any atom is -0.388 e. The highest BCUT2D eigenvalue weighted by atomic mass is 79.9. The van der Waals surface area contributed by atoms with E-state index in [4.69, 9.17) is 0 Å². The van der Waals surface area contributed by atoms with Crippen LogP contribution in [0.1, 0.15) is 43.2 Å². The van der Waals surface area contributed by atoms with Gasteiger partial charge >= 0.3 is 0 Å². The Morgan fingerprint density at radius 2 is 2.00 bits per heavy atom. The van der Waals surface area contributed by atoms with Crippen molar-refractivity contribution in [2.75, 3.05) is 0 Å². The Morgan fingerprint density at radius 3 is 2.36 bits per heavy atom. The average molecular weight is 277 g/mol. The molecule has 1 nitrogen and oxygen atoms in total. The van der Waals surface area contributed by atoms with Crippen molar-refractivity contribution in [3.8, 4) is 0 Å². The fourth-order valence-corrected chi connectivity index (χ4v) is 3.49. The summed E-state index contributed by atoms with van der Waals surface area (Å²) < 4.78 is 1.11. The monoisotopic (exact) mass is 276 g/mol. The first-order valence-corrected chi connectivity index (χ1v) is 6.64. The maximum Gasteiger partial charge on any atom is 0.0829 e. The van der Waals surface area contributed by atoms with Crippen molar-refractivity contribution >= 4 is 27.3 Å². The summed E-state index contributed by atoms with van der Waals surface area (Å²) in [7, 11) is 0. The molecule has 1 aromatic heterocycles. The Kier molecular flexibility index (Phi) is 4.61. The van der Waals surface area contributed by atoms with Crippen LogP contribution < -0.4 is 0 Å². The van der Waals surface area contributed by atoms with Gasteiger partial charge in [0.15, 0.2) is 0 Å². The predicted octanol–water partition coefficient (Wildman–Crippen LogP) is 4.29. The molecule has 0 saturated heterocycles. The maximum atomic E-state index is 10.2. The summed E-state index contributed by atoms with van der Waals surface area (Å²) in [4.78, 5) is 1.22. The number of aryl methyl sites for hydroxylation is 1. The van der Waals surface area contributed by atoms with Crippen molar-refractivity contribution in [3.05, 3.63) is 20.3 Å². The average Bonchev–Trinajstić information content (AvgIpc) is 2.47. The molecular formula is C11H17BrOS. The number of thiophene rings is 1. The highest BCUT2D eigenvalue weighted by molar-refractivity contribution is 9.11. The second kappa shape index (κ2) is 5.29. The normalized spacial score (nSPS) is 13.6. The summed E-state index contributed by atoms with van der Waals surface area (Å²) in [5, 5.41) is 10.2. The van der Waals surface area contributed by atoms with Crippen LogP contribution in [0.4, 0.5) is 0 Å². The molecule has 3 heteroatoms. The molecule has 0 fully saturated rings. The van der Waals surface area contributed by atoms with Gasteiger partial charge in [0.05, 0.1) is 9.89 Å². The fourth-order valence-electron chi connectivity index (χ4n) is 1.74.